The van der Waals surface area contributed by atoms with Crippen molar-refractivity contribution in [1.82, 2.24) is 19.3 Å². The maximum atomic E-state index is 6.72. The van der Waals surface area contributed by atoms with E-state index in [9.17, 15) is 0 Å². The molecule has 0 aliphatic heterocycles. The molecule has 54 heavy (non-hydrogen) atoms. The van der Waals surface area contributed by atoms with E-state index >= 15 is 0 Å². The number of hydrogen-bond donors (Lipinski definition) is 0. The number of pyridine rings is 1. The molecule has 1 atom stereocenters. The predicted octanol–water partition coefficient (Wildman–Crippen LogP) is 13.0. The third-order valence-corrected chi connectivity index (χ3v) is 10.5. The maximum absolute atomic E-state index is 6.72. The summed E-state index contributed by atoms with van der Waals surface area (Å²) in [4.78, 5) is 4.83. The van der Waals surface area contributed by atoms with E-state index in [2.05, 4.69) is 139 Å². The molecule has 0 saturated heterocycles. The molecule has 280 valence electrons. The van der Waals surface area contributed by atoms with E-state index in [4.69, 9.17) is 14.8 Å². The third-order valence-electron chi connectivity index (χ3n) is 10.5. The molecule has 0 N–H and O–H groups in total. The van der Waals surface area contributed by atoms with Gasteiger partial charge in [-0.15, -0.1) is 35.7 Å². The summed E-state index contributed by atoms with van der Waals surface area (Å²) in [7, 11) is 0. The molecule has 4 aromatic carbocycles. The molecule has 0 fully saturated rings. The second kappa shape index (κ2) is 16.5. The van der Waals surface area contributed by atoms with Crippen LogP contribution in [-0.4, -0.2) is 19.3 Å². The predicted molar refractivity (Wildman–Crippen MR) is 220 cm³/mol. The van der Waals surface area contributed by atoms with E-state index in [-0.39, 0.29) is 26.5 Å². The first-order valence-corrected chi connectivity index (χ1v) is 19.3. The summed E-state index contributed by atoms with van der Waals surface area (Å²) >= 11 is 0. The molecule has 7 aromatic rings. The summed E-state index contributed by atoms with van der Waals surface area (Å²) in [5.41, 5.74) is 11.2. The summed E-state index contributed by atoms with van der Waals surface area (Å²) in [5.74, 6) is 2.65. The second-order valence-electron chi connectivity index (χ2n) is 16.0. The van der Waals surface area contributed by atoms with Crippen molar-refractivity contribution in [3.63, 3.8) is 0 Å². The van der Waals surface area contributed by atoms with Gasteiger partial charge in [0.1, 0.15) is 5.82 Å². The second-order valence-corrected chi connectivity index (χ2v) is 16.0. The fraction of sp³-hybridized carbons (Fsp3) is 0.333. The average molecular weight is 896 g/mol. The van der Waals surface area contributed by atoms with Crippen LogP contribution in [0.4, 0.5) is 0 Å². The van der Waals surface area contributed by atoms with E-state index in [0.717, 1.165) is 68.8 Å². The van der Waals surface area contributed by atoms with Crippen LogP contribution in [-0.2, 0) is 27.5 Å². The van der Waals surface area contributed by atoms with Crippen molar-refractivity contribution in [2.45, 2.75) is 99.8 Å². The molecule has 0 saturated carbocycles. The Kier molecular flexibility index (Phi) is 12.0. The van der Waals surface area contributed by atoms with Crippen LogP contribution in [0.15, 0.2) is 91.1 Å². The molecule has 0 aliphatic rings. The van der Waals surface area contributed by atoms with E-state index in [0.29, 0.717) is 17.4 Å². The van der Waals surface area contributed by atoms with Crippen LogP contribution in [0, 0.1) is 38.3 Å². The quantitative estimate of drug-likeness (QED) is 0.0907. The molecule has 6 heteroatoms. The third kappa shape index (κ3) is 8.42. The molecule has 0 spiro atoms. The van der Waals surface area contributed by atoms with Crippen molar-refractivity contribution in [2.75, 3.05) is 0 Å². The van der Waals surface area contributed by atoms with Crippen LogP contribution in [0.3, 0.4) is 0 Å². The summed E-state index contributed by atoms with van der Waals surface area (Å²) in [6, 6.07) is 37.4. The zero-order valence-electron chi connectivity index (χ0n) is 33.0. The van der Waals surface area contributed by atoms with E-state index in [1.807, 2.05) is 29.1 Å². The van der Waals surface area contributed by atoms with Crippen LogP contribution in [0.2, 0.25) is 0 Å². The van der Waals surface area contributed by atoms with Crippen LogP contribution >= 0.6 is 0 Å². The molecule has 0 bridgehead atoms. The van der Waals surface area contributed by atoms with Crippen molar-refractivity contribution in [1.29, 1.82) is 0 Å². The zero-order valence-corrected chi connectivity index (χ0v) is 35.3. The van der Waals surface area contributed by atoms with Gasteiger partial charge in [0, 0.05) is 34.5 Å². The molecular weight excluding hydrogens is 844 g/mol. The molecule has 0 radical (unpaired) electrons. The van der Waals surface area contributed by atoms with E-state index in [1.54, 1.807) is 0 Å². The normalized spacial score (nSPS) is 12.3. The molecule has 0 aliphatic carbocycles. The number of aromatic nitrogens is 4. The number of aryl methyl sites for hydroxylation is 3. The minimum atomic E-state index is 0. The number of hydrogen-bond acceptors (Lipinski definition) is 3. The minimum Gasteiger partial charge on any atom is -0.509 e. The Hall–Kier alpha value is -4.47. The Morgan fingerprint density at radius 3 is 2.37 bits per heavy atom. The topological polar surface area (TPSA) is 44.9 Å². The SMILES string of the molecule is CCCCCC(C)c1ccc2c(c1)c1ccc(Oc3[c-]c(-n4nc(C)c(-c5ccccc5)c4C)cc(CCC(C)(C)C)c3)[c-]c1n2-c1cc(C)ccn1.[Pt+2]. The van der Waals surface area contributed by atoms with Gasteiger partial charge < -0.3 is 9.30 Å². The summed E-state index contributed by atoms with van der Waals surface area (Å²) in [5, 5.41) is 7.37. The first kappa shape index (κ1) is 39.2. The summed E-state index contributed by atoms with van der Waals surface area (Å²) in [6.07, 6.45) is 8.81. The number of nitrogens with zero attached hydrogens (tertiary/aromatic N) is 4. The molecule has 3 heterocycles. The molecule has 5 nitrogen and oxygen atoms in total. The fourth-order valence-electron chi connectivity index (χ4n) is 7.49. The molecular formula is C48H52N4OPt. The number of unbranched alkanes of at least 4 members (excludes halogenated alkanes) is 2. The monoisotopic (exact) mass is 895 g/mol. The van der Waals surface area contributed by atoms with Gasteiger partial charge in [0.15, 0.2) is 0 Å². The van der Waals surface area contributed by atoms with Gasteiger partial charge in [-0.2, -0.15) is 16.7 Å². The number of fused-ring (bicyclic) bond motifs is 3. The Morgan fingerprint density at radius 2 is 1.63 bits per heavy atom. The van der Waals surface area contributed by atoms with Gasteiger partial charge in [-0.1, -0.05) is 102 Å². The number of benzene rings is 4. The molecule has 7 rings (SSSR count). The van der Waals surface area contributed by atoms with Gasteiger partial charge in [0.05, 0.1) is 5.69 Å². The van der Waals surface area contributed by atoms with Gasteiger partial charge in [0.2, 0.25) is 0 Å². The Labute approximate surface area is 336 Å². The van der Waals surface area contributed by atoms with Crippen molar-refractivity contribution in [3.05, 3.63) is 131 Å². The standard InChI is InChI=1S/C48H52N4O.Pt/c1-9-10-12-15-33(3)38-18-21-44-43(29-38)42-20-19-40(31-45(42)51(44)46-26-32(2)23-25-49-46)53-41-28-36(22-24-48(6,7)8)27-39(30-41)52-35(5)47(34(4)50-52)37-16-13-11-14-17-37;/h11,13-14,16-21,23,25-29,33H,9-10,12,15,22,24H2,1-8H3;/q-2;+2. The first-order valence-electron chi connectivity index (χ1n) is 19.3. The van der Waals surface area contributed by atoms with E-state index < -0.39 is 0 Å². The van der Waals surface area contributed by atoms with Crippen molar-refractivity contribution >= 4 is 21.8 Å². The number of ether oxygens (including phenoxy) is 1. The molecule has 0 amide bonds. The zero-order chi connectivity index (χ0) is 37.3. The van der Waals surface area contributed by atoms with Crippen LogP contribution in [0.25, 0.3) is 44.4 Å². The maximum Gasteiger partial charge on any atom is 2.00 e. The van der Waals surface area contributed by atoms with Crippen LogP contribution in [0.1, 0.15) is 101 Å². The average Bonchev–Trinajstić information content (AvgIpc) is 3.62. The molecule has 1 unspecified atom stereocenters. The van der Waals surface area contributed by atoms with E-state index in [1.165, 1.54) is 42.2 Å². The Bertz CT molecular complexity index is 2380. The summed E-state index contributed by atoms with van der Waals surface area (Å²) in [6.45, 7) is 17.8. The van der Waals surface area contributed by atoms with Crippen molar-refractivity contribution < 1.29 is 25.8 Å². The van der Waals surface area contributed by atoms with Crippen molar-refractivity contribution in [3.8, 4) is 34.1 Å². The summed E-state index contributed by atoms with van der Waals surface area (Å²) < 4.78 is 11.0. The van der Waals surface area contributed by atoms with Gasteiger partial charge in [-0.25, -0.2) is 4.98 Å². The molecule has 3 aromatic heterocycles. The van der Waals surface area contributed by atoms with Gasteiger partial charge in [0.25, 0.3) is 0 Å². The van der Waals surface area contributed by atoms with Crippen LogP contribution < -0.4 is 4.74 Å². The Balaban J connectivity index is 0.00000497. The minimum absolute atomic E-state index is 0. The Morgan fingerprint density at radius 1 is 0.833 bits per heavy atom. The van der Waals surface area contributed by atoms with Crippen molar-refractivity contribution in [2.24, 2.45) is 5.41 Å². The van der Waals surface area contributed by atoms with Gasteiger partial charge >= 0.3 is 21.1 Å². The largest absolute Gasteiger partial charge is 2.00 e. The van der Waals surface area contributed by atoms with Gasteiger partial charge in [-0.05, 0) is 97.3 Å². The van der Waals surface area contributed by atoms with Gasteiger partial charge in [-0.3, -0.25) is 4.68 Å². The number of rotatable bonds is 12. The fourth-order valence-corrected chi connectivity index (χ4v) is 7.49. The smallest absolute Gasteiger partial charge is 0.509 e. The first-order chi connectivity index (χ1) is 25.5. The van der Waals surface area contributed by atoms with Crippen LogP contribution in [0.5, 0.6) is 11.5 Å².